The zero-order valence-electron chi connectivity index (χ0n) is 14.5. The molecule has 0 aliphatic rings. The number of benzene rings is 2. The van der Waals surface area contributed by atoms with Crippen LogP contribution < -0.4 is 14.2 Å². The van der Waals surface area contributed by atoms with Gasteiger partial charge in [-0.15, -0.1) is 10.2 Å². The van der Waals surface area contributed by atoms with Crippen LogP contribution in [0.15, 0.2) is 59.4 Å². The number of methoxy groups -OCH3 is 1. The highest BCUT2D eigenvalue weighted by molar-refractivity contribution is 5.89. The first-order valence-corrected chi connectivity index (χ1v) is 7.95. The Balaban J connectivity index is 1.70. The predicted octanol–water partition coefficient (Wildman–Crippen LogP) is 3.97. The van der Waals surface area contributed by atoms with Crippen molar-refractivity contribution in [2.45, 2.75) is 6.61 Å². The van der Waals surface area contributed by atoms with Crippen LogP contribution in [0.2, 0.25) is 0 Å². The zero-order chi connectivity index (χ0) is 19.9. The van der Waals surface area contributed by atoms with E-state index >= 15 is 0 Å². The van der Waals surface area contributed by atoms with Gasteiger partial charge in [0.05, 0.1) is 7.11 Å². The number of hydrogen-bond donors (Lipinski definition) is 0. The minimum absolute atomic E-state index is 0.118. The Hall–Kier alpha value is -3.75. The average molecular weight is 388 g/mol. The van der Waals surface area contributed by atoms with E-state index in [0.717, 1.165) is 6.08 Å². The van der Waals surface area contributed by atoms with E-state index < -0.39 is 12.6 Å². The third-order valence-electron chi connectivity index (χ3n) is 3.51. The van der Waals surface area contributed by atoms with Crippen LogP contribution in [0, 0.1) is 0 Å². The summed E-state index contributed by atoms with van der Waals surface area (Å²) in [6.07, 6.45) is 3.60. The van der Waals surface area contributed by atoms with Crippen molar-refractivity contribution in [3.63, 3.8) is 0 Å². The van der Waals surface area contributed by atoms with Gasteiger partial charge in [-0.25, -0.2) is 4.79 Å². The van der Waals surface area contributed by atoms with Gasteiger partial charge < -0.3 is 18.6 Å². The summed E-state index contributed by atoms with van der Waals surface area (Å²) in [5.74, 6) is -0.133. The maximum atomic E-state index is 12.6. The molecule has 2 aromatic carbocycles. The second-order valence-electron chi connectivity index (χ2n) is 5.28. The van der Waals surface area contributed by atoms with Gasteiger partial charge in [0.25, 0.3) is 0 Å². The van der Waals surface area contributed by atoms with Crippen LogP contribution in [0.3, 0.4) is 0 Å². The fourth-order valence-corrected chi connectivity index (χ4v) is 2.31. The third kappa shape index (κ3) is 4.70. The maximum Gasteiger partial charge on any atom is 0.387 e. The summed E-state index contributed by atoms with van der Waals surface area (Å²) in [6, 6.07) is 11.0. The van der Waals surface area contributed by atoms with Crippen molar-refractivity contribution < 1.29 is 32.2 Å². The minimum atomic E-state index is -3.03. The topological polar surface area (TPSA) is 83.7 Å². The fourth-order valence-electron chi connectivity index (χ4n) is 2.31. The molecule has 144 valence electrons. The van der Waals surface area contributed by atoms with Crippen LogP contribution in [-0.2, 0) is 4.79 Å². The van der Waals surface area contributed by atoms with Crippen LogP contribution in [0.25, 0.3) is 17.5 Å². The Morgan fingerprint density at radius 2 is 1.96 bits per heavy atom. The first-order valence-electron chi connectivity index (χ1n) is 7.95. The number of para-hydroxylation sites is 1. The molecule has 3 rings (SSSR count). The van der Waals surface area contributed by atoms with Crippen LogP contribution >= 0.6 is 0 Å². The summed E-state index contributed by atoms with van der Waals surface area (Å²) in [6.45, 7) is -3.03. The Morgan fingerprint density at radius 3 is 2.61 bits per heavy atom. The van der Waals surface area contributed by atoms with Crippen LogP contribution in [0.4, 0.5) is 8.78 Å². The lowest BCUT2D eigenvalue weighted by Gasteiger charge is -2.12. The van der Waals surface area contributed by atoms with Crippen molar-refractivity contribution in [1.29, 1.82) is 0 Å². The number of aromatic nitrogens is 2. The Kier molecular flexibility index (Phi) is 5.95. The molecule has 0 atom stereocenters. The van der Waals surface area contributed by atoms with Gasteiger partial charge in [0.15, 0.2) is 11.5 Å². The van der Waals surface area contributed by atoms with E-state index in [-0.39, 0.29) is 22.8 Å². The molecular weight excluding hydrogens is 374 g/mol. The summed E-state index contributed by atoms with van der Waals surface area (Å²) in [5.41, 5.74) is 0.904. The van der Waals surface area contributed by atoms with E-state index in [0.29, 0.717) is 11.5 Å². The molecular formula is C19H14F2N2O5. The lowest BCUT2D eigenvalue weighted by Crippen LogP contribution is -2.06. The lowest BCUT2D eigenvalue weighted by molar-refractivity contribution is -0.128. The molecule has 0 fully saturated rings. The van der Waals surface area contributed by atoms with Gasteiger partial charge in [0.1, 0.15) is 5.75 Å². The monoisotopic (exact) mass is 388 g/mol. The maximum absolute atomic E-state index is 12.6. The van der Waals surface area contributed by atoms with Crippen molar-refractivity contribution in [3.8, 4) is 28.7 Å². The second kappa shape index (κ2) is 8.76. The molecule has 0 saturated heterocycles. The number of rotatable bonds is 7. The van der Waals surface area contributed by atoms with Gasteiger partial charge in [-0.3, -0.25) is 0 Å². The molecule has 0 unspecified atom stereocenters. The summed E-state index contributed by atoms with van der Waals surface area (Å²) in [7, 11) is 1.33. The number of nitrogens with zero attached hydrogens (tertiary/aromatic N) is 2. The molecule has 0 saturated carbocycles. The molecule has 0 radical (unpaired) electrons. The minimum Gasteiger partial charge on any atom is -0.493 e. The second-order valence-corrected chi connectivity index (χ2v) is 5.28. The molecule has 1 heterocycles. The number of carbonyl (C=O) groups is 1. The molecule has 0 aliphatic heterocycles. The quantitative estimate of drug-likeness (QED) is 0.344. The Bertz CT molecular complexity index is 957. The van der Waals surface area contributed by atoms with Crippen molar-refractivity contribution in [1.82, 2.24) is 10.2 Å². The summed E-state index contributed by atoms with van der Waals surface area (Å²) in [5, 5.41) is 7.35. The van der Waals surface area contributed by atoms with Crippen molar-refractivity contribution in [3.05, 3.63) is 60.5 Å². The average Bonchev–Trinajstić information content (AvgIpc) is 3.22. The highest BCUT2D eigenvalue weighted by Crippen LogP contribution is 2.33. The normalized spacial score (nSPS) is 11.0. The third-order valence-corrected chi connectivity index (χ3v) is 3.51. The van der Waals surface area contributed by atoms with Crippen LogP contribution in [0.1, 0.15) is 5.56 Å². The van der Waals surface area contributed by atoms with Gasteiger partial charge in [0.2, 0.25) is 12.3 Å². The Labute approximate surface area is 158 Å². The zero-order valence-corrected chi connectivity index (χ0v) is 14.5. The van der Waals surface area contributed by atoms with E-state index in [4.69, 9.17) is 13.9 Å². The standard InChI is InChI=1S/C19H14F2N2O5/c1-25-15-4-2-3-12(17(15)28-19(20)21)7-10-16(24)27-14-8-5-13(6-9-14)18-23-22-11-26-18/h2-11,19H,1H3/b10-7+. The van der Waals surface area contributed by atoms with Gasteiger partial charge in [-0.05, 0) is 36.4 Å². The summed E-state index contributed by atoms with van der Waals surface area (Å²) in [4.78, 5) is 12.0. The molecule has 0 amide bonds. The fraction of sp³-hybridized carbons (Fsp3) is 0.105. The molecule has 0 aliphatic carbocycles. The molecule has 0 N–H and O–H groups in total. The molecule has 3 aromatic rings. The number of carbonyl (C=O) groups excluding carboxylic acids is 1. The lowest BCUT2D eigenvalue weighted by atomic mass is 10.1. The van der Waals surface area contributed by atoms with E-state index in [1.54, 1.807) is 30.3 Å². The predicted molar refractivity (Wildman–Crippen MR) is 94.0 cm³/mol. The van der Waals surface area contributed by atoms with Gasteiger partial charge in [-0.1, -0.05) is 12.1 Å². The van der Waals surface area contributed by atoms with E-state index in [1.165, 1.54) is 31.7 Å². The number of esters is 1. The van der Waals surface area contributed by atoms with Crippen molar-refractivity contribution in [2.24, 2.45) is 0 Å². The van der Waals surface area contributed by atoms with Gasteiger partial charge in [0, 0.05) is 17.2 Å². The highest BCUT2D eigenvalue weighted by atomic mass is 19.3. The molecule has 0 bridgehead atoms. The molecule has 0 spiro atoms. The molecule has 28 heavy (non-hydrogen) atoms. The first kappa shape index (κ1) is 19.0. The molecule has 1 aromatic heterocycles. The first-order chi connectivity index (χ1) is 13.6. The van der Waals surface area contributed by atoms with Gasteiger partial charge >= 0.3 is 12.6 Å². The number of ether oxygens (including phenoxy) is 3. The van der Waals surface area contributed by atoms with Crippen LogP contribution in [0.5, 0.6) is 17.2 Å². The van der Waals surface area contributed by atoms with Crippen molar-refractivity contribution >= 4 is 12.0 Å². The smallest absolute Gasteiger partial charge is 0.387 e. The van der Waals surface area contributed by atoms with E-state index in [9.17, 15) is 13.6 Å². The highest BCUT2D eigenvalue weighted by Gasteiger charge is 2.14. The van der Waals surface area contributed by atoms with E-state index in [1.807, 2.05) is 0 Å². The number of hydrogen-bond acceptors (Lipinski definition) is 7. The van der Waals surface area contributed by atoms with Gasteiger partial charge in [-0.2, -0.15) is 8.78 Å². The molecule has 7 nitrogen and oxygen atoms in total. The summed E-state index contributed by atoms with van der Waals surface area (Å²) >= 11 is 0. The number of alkyl halides is 2. The summed E-state index contributed by atoms with van der Waals surface area (Å²) < 4.78 is 45.0. The SMILES string of the molecule is COc1cccc(/C=C/C(=O)Oc2ccc(-c3nnco3)cc2)c1OC(F)F. The largest absolute Gasteiger partial charge is 0.493 e. The number of halogens is 2. The van der Waals surface area contributed by atoms with Crippen LogP contribution in [-0.4, -0.2) is 29.9 Å². The van der Waals surface area contributed by atoms with Crippen molar-refractivity contribution in [2.75, 3.05) is 7.11 Å². The molecule has 9 heteroatoms. The van der Waals surface area contributed by atoms with E-state index in [2.05, 4.69) is 14.9 Å². The Morgan fingerprint density at radius 1 is 1.18 bits per heavy atom.